The SMILES string of the molecule is COCCOCCn1c(C(C)Cl)nc2cc(Cl)cnc21. The molecule has 2 heterocycles. The minimum atomic E-state index is -0.207. The largest absolute Gasteiger partial charge is 0.382 e. The van der Waals surface area contributed by atoms with Gasteiger partial charge in [-0.15, -0.1) is 11.6 Å². The molecule has 1 atom stereocenters. The van der Waals surface area contributed by atoms with Gasteiger partial charge in [0.2, 0.25) is 0 Å². The number of nitrogens with zero attached hydrogens (tertiary/aromatic N) is 3. The van der Waals surface area contributed by atoms with Crippen molar-refractivity contribution < 1.29 is 9.47 Å². The monoisotopic (exact) mass is 317 g/mol. The van der Waals surface area contributed by atoms with Crippen LogP contribution in [0.1, 0.15) is 18.1 Å². The molecular formula is C13H17Cl2N3O2. The number of aromatic nitrogens is 3. The first-order valence-corrected chi connectivity index (χ1v) is 7.17. The highest BCUT2D eigenvalue weighted by molar-refractivity contribution is 6.31. The lowest BCUT2D eigenvalue weighted by Crippen LogP contribution is -2.12. The lowest BCUT2D eigenvalue weighted by Gasteiger charge is -2.10. The number of rotatable bonds is 7. The van der Waals surface area contributed by atoms with Crippen molar-refractivity contribution in [3.63, 3.8) is 0 Å². The van der Waals surface area contributed by atoms with Crippen LogP contribution in [0.25, 0.3) is 11.2 Å². The fourth-order valence-electron chi connectivity index (χ4n) is 1.93. The van der Waals surface area contributed by atoms with Crippen molar-refractivity contribution in [3.8, 4) is 0 Å². The second-order valence-corrected chi connectivity index (χ2v) is 5.43. The van der Waals surface area contributed by atoms with Crippen LogP contribution in [-0.2, 0) is 16.0 Å². The standard InChI is InChI=1S/C13H17Cl2N3O2/c1-9(14)12-17-11-7-10(15)8-16-13(11)18(12)3-4-20-6-5-19-2/h7-9H,3-6H2,1-2H3. The van der Waals surface area contributed by atoms with E-state index in [0.29, 0.717) is 31.4 Å². The molecule has 0 saturated heterocycles. The molecule has 5 nitrogen and oxygen atoms in total. The first-order valence-electron chi connectivity index (χ1n) is 6.36. The van der Waals surface area contributed by atoms with E-state index in [2.05, 4.69) is 9.97 Å². The van der Waals surface area contributed by atoms with Gasteiger partial charge >= 0.3 is 0 Å². The third kappa shape index (κ3) is 3.61. The number of alkyl halides is 1. The molecule has 2 aromatic heterocycles. The van der Waals surface area contributed by atoms with Crippen LogP contribution in [0.5, 0.6) is 0 Å². The Bertz CT molecular complexity index is 572. The fourth-order valence-corrected chi connectivity index (χ4v) is 2.25. The molecule has 0 fully saturated rings. The molecule has 0 aliphatic carbocycles. The van der Waals surface area contributed by atoms with E-state index in [1.165, 1.54) is 0 Å². The van der Waals surface area contributed by atoms with Gasteiger partial charge in [0.25, 0.3) is 0 Å². The molecule has 0 aliphatic heterocycles. The first kappa shape index (κ1) is 15.5. The molecule has 0 saturated carbocycles. The summed E-state index contributed by atoms with van der Waals surface area (Å²) in [5.74, 6) is 0.770. The van der Waals surface area contributed by atoms with Gasteiger partial charge in [-0.3, -0.25) is 0 Å². The van der Waals surface area contributed by atoms with Crippen LogP contribution in [-0.4, -0.2) is 41.5 Å². The molecule has 0 aromatic carbocycles. The minimum Gasteiger partial charge on any atom is -0.382 e. The van der Waals surface area contributed by atoms with E-state index in [-0.39, 0.29) is 5.38 Å². The number of fused-ring (bicyclic) bond motifs is 1. The molecule has 7 heteroatoms. The lowest BCUT2D eigenvalue weighted by atomic mass is 10.4. The maximum Gasteiger partial charge on any atom is 0.160 e. The van der Waals surface area contributed by atoms with Crippen LogP contribution in [0, 0.1) is 0 Å². The Labute approximate surface area is 127 Å². The normalized spacial score (nSPS) is 13.0. The molecule has 0 radical (unpaired) electrons. The summed E-state index contributed by atoms with van der Waals surface area (Å²) in [5.41, 5.74) is 1.52. The fraction of sp³-hybridized carbons (Fsp3) is 0.538. The third-order valence-corrected chi connectivity index (χ3v) is 3.23. The van der Waals surface area contributed by atoms with E-state index in [4.69, 9.17) is 32.7 Å². The summed E-state index contributed by atoms with van der Waals surface area (Å²) in [6.07, 6.45) is 1.61. The van der Waals surface area contributed by atoms with Crippen LogP contribution in [0.2, 0.25) is 5.02 Å². The van der Waals surface area contributed by atoms with Gasteiger partial charge in [0.05, 0.1) is 30.2 Å². The number of hydrogen-bond donors (Lipinski definition) is 0. The van der Waals surface area contributed by atoms with Gasteiger partial charge in [0, 0.05) is 19.9 Å². The zero-order valence-electron chi connectivity index (χ0n) is 11.5. The summed E-state index contributed by atoms with van der Waals surface area (Å²) in [6, 6.07) is 1.79. The van der Waals surface area contributed by atoms with Crippen LogP contribution >= 0.6 is 23.2 Å². The number of ether oxygens (including phenoxy) is 2. The average Bonchev–Trinajstić information content (AvgIpc) is 2.76. The van der Waals surface area contributed by atoms with Gasteiger partial charge in [-0.25, -0.2) is 9.97 Å². The number of imidazole rings is 1. The molecule has 0 bridgehead atoms. The Morgan fingerprint density at radius 2 is 2.15 bits per heavy atom. The van der Waals surface area contributed by atoms with Gasteiger partial charge in [-0.1, -0.05) is 11.6 Å². The van der Waals surface area contributed by atoms with Crippen LogP contribution in [0.4, 0.5) is 0 Å². The van der Waals surface area contributed by atoms with Crippen molar-refractivity contribution in [3.05, 3.63) is 23.1 Å². The predicted molar refractivity (Wildman–Crippen MR) is 79.5 cm³/mol. The van der Waals surface area contributed by atoms with E-state index in [0.717, 1.165) is 17.0 Å². The Morgan fingerprint density at radius 1 is 1.35 bits per heavy atom. The van der Waals surface area contributed by atoms with E-state index < -0.39 is 0 Å². The van der Waals surface area contributed by atoms with Gasteiger partial charge in [0.1, 0.15) is 11.3 Å². The summed E-state index contributed by atoms with van der Waals surface area (Å²) in [7, 11) is 1.65. The molecule has 1 unspecified atom stereocenters. The summed E-state index contributed by atoms with van der Waals surface area (Å²) in [4.78, 5) is 8.82. The zero-order chi connectivity index (χ0) is 14.5. The summed E-state index contributed by atoms with van der Waals surface area (Å²) in [5, 5.41) is 0.356. The van der Waals surface area contributed by atoms with E-state index in [1.807, 2.05) is 11.5 Å². The highest BCUT2D eigenvalue weighted by Gasteiger charge is 2.15. The van der Waals surface area contributed by atoms with E-state index in [1.54, 1.807) is 19.4 Å². The minimum absolute atomic E-state index is 0.207. The number of hydrogen-bond acceptors (Lipinski definition) is 4. The van der Waals surface area contributed by atoms with Crippen molar-refractivity contribution in [1.29, 1.82) is 0 Å². The van der Waals surface area contributed by atoms with Gasteiger partial charge in [-0.2, -0.15) is 0 Å². The van der Waals surface area contributed by atoms with Gasteiger partial charge in [-0.05, 0) is 13.0 Å². The predicted octanol–water partition coefficient (Wildman–Crippen LogP) is 3.05. The quantitative estimate of drug-likeness (QED) is 0.581. The molecular weight excluding hydrogens is 301 g/mol. The number of pyridine rings is 1. The molecule has 0 aliphatic rings. The van der Waals surface area contributed by atoms with Crippen LogP contribution < -0.4 is 0 Å². The molecule has 110 valence electrons. The maximum absolute atomic E-state index is 6.18. The smallest absolute Gasteiger partial charge is 0.160 e. The zero-order valence-corrected chi connectivity index (χ0v) is 13.0. The number of halogens is 2. The molecule has 0 amide bonds. The second kappa shape index (κ2) is 7.22. The van der Waals surface area contributed by atoms with E-state index in [9.17, 15) is 0 Å². The Balaban J connectivity index is 2.18. The van der Waals surface area contributed by atoms with Crippen molar-refractivity contribution in [2.24, 2.45) is 0 Å². The summed E-state index contributed by atoms with van der Waals surface area (Å²) >= 11 is 12.1. The lowest BCUT2D eigenvalue weighted by molar-refractivity contribution is 0.0666. The molecule has 0 spiro atoms. The maximum atomic E-state index is 6.18. The number of methoxy groups -OCH3 is 1. The van der Waals surface area contributed by atoms with Crippen LogP contribution in [0.3, 0.4) is 0 Å². The highest BCUT2D eigenvalue weighted by Crippen LogP contribution is 2.24. The second-order valence-electron chi connectivity index (χ2n) is 4.34. The average molecular weight is 318 g/mol. The van der Waals surface area contributed by atoms with Gasteiger partial charge < -0.3 is 14.0 Å². The van der Waals surface area contributed by atoms with Crippen molar-refractivity contribution in [1.82, 2.24) is 14.5 Å². The first-order chi connectivity index (χ1) is 9.63. The molecule has 2 rings (SSSR count). The summed E-state index contributed by atoms with van der Waals surface area (Å²) < 4.78 is 12.4. The van der Waals surface area contributed by atoms with Gasteiger partial charge in [0.15, 0.2) is 5.65 Å². The molecule has 2 aromatic rings. The highest BCUT2D eigenvalue weighted by atomic mass is 35.5. The Hall–Kier alpha value is -0.880. The Kier molecular flexibility index (Phi) is 5.60. The Morgan fingerprint density at radius 3 is 2.85 bits per heavy atom. The van der Waals surface area contributed by atoms with Crippen LogP contribution in [0.15, 0.2) is 12.3 Å². The summed E-state index contributed by atoms with van der Waals surface area (Å²) in [6.45, 7) is 4.22. The third-order valence-electron chi connectivity index (χ3n) is 2.83. The topological polar surface area (TPSA) is 49.2 Å². The van der Waals surface area contributed by atoms with Crippen molar-refractivity contribution in [2.75, 3.05) is 26.9 Å². The molecule has 20 heavy (non-hydrogen) atoms. The molecule has 0 N–H and O–H groups in total. The van der Waals surface area contributed by atoms with Crippen molar-refractivity contribution in [2.45, 2.75) is 18.8 Å². The van der Waals surface area contributed by atoms with E-state index >= 15 is 0 Å². The van der Waals surface area contributed by atoms with Crippen molar-refractivity contribution >= 4 is 34.4 Å².